The summed E-state index contributed by atoms with van der Waals surface area (Å²) in [5.74, 6) is -1.06. The monoisotopic (exact) mass is 261 g/mol. The van der Waals surface area contributed by atoms with Gasteiger partial charge in [0.25, 0.3) is 5.69 Å². The maximum Gasteiger partial charge on any atom is 0.339 e. The van der Waals surface area contributed by atoms with Crippen molar-refractivity contribution in [2.45, 2.75) is 13.5 Å². The van der Waals surface area contributed by atoms with E-state index in [1.807, 2.05) is 0 Å². The number of nitro benzene ring substituents is 1. The van der Waals surface area contributed by atoms with Gasteiger partial charge in [-0.15, -0.1) is 0 Å². The SMILES string of the molecule is Cc1c(C(=O)O)cnn1Cc1ccccc1[N+](=O)[O-]. The quantitative estimate of drug-likeness (QED) is 0.668. The van der Waals surface area contributed by atoms with Gasteiger partial charge < -0.3 is 5.11 Å². The number of rotatable bonds is 4. The van der Waals surface area contributed by atoms with Crippen molar-refractivity contribution in [2.75, 3.05) is 0 Å². The Morgan fingerprint density at radius 3 is 2.74 bits per heavy atom. The highest BCUT2D eigenvalue weighted by molar-refractivity contribution is 5.88. The molecule has 0 atom stereocenters. The van der Waals surface area contributed by atoms with Crippen LogP contribution >= 0.6 is 0 Å². The third-order valence-electron chi connectivity index (χ3n) is 2.84. The molecule has 0 unspecified atom stereocenters. The Hall–Kier alpha value is -2.70. The Bertz CT molecular complexity index is 648. The number of carbonyl (C=O) groups is 1. The standard InChI is InChI=1S/C12H11N3O4/c1-8-10(12(16)17)6-13-14(8)7-9-4-2-3-5-11(9)15(18)19/h2-6H,7H2,1H3,(H,16,17). The zero-order valence-corrected chi connectivity index (χ0v) is 10.1. The molecule has 7 nitrogen and oxygen atoms in total. The largest absolute Gasteiger partial charge is 0.478 e. The Morgan fingerprint density at radius 2 is 2.16 bits per heavy atom. The lowest BCUT2D eigenvalue weighted by Gasteiger charge is -2.05. The second kappa shape index (κ2) is 4.89. The van der Waals surface area contributed by atoms with E-state index in [2.05, 4.69) is 5.10 Å². The van der Waals surface area contributed by atoms with Crippen molar-refractivity contribution in [3.8, 4) is 0 Å². The summed E-state index contributed by atoms with van der Waals surface area (Å²) < 4.78 is 1.44. The normalized spacial score (nSPS) is 10.4. The average molecular weight is 261 g/mol. The van der Waals surface area contributed by atoms with Crippen molar-refractivity contribution in [1.29, 1.82) is 0 Å². The third kappa shape index (κ3) is 2.44. The van der Waals surface area contributed by atoms with E-state index in [1.165, 1.54) is 16.9 Å². The molecule has 0 radical (unpaired) electrons. The number of benzene rings is 1. The number of hydrogen-bond donors (Lipinski definition) is 1. The molecular formula is C12H11N3O4. The van der Waals surface area contributed by atoms with Crippen molar-refractivity contribution in [2.24, 2.45) is 0 Å². The van der Waals surface area contributed by atoms with Gasteiger partial charge in [-0.1, -0.05) is 18.2 Å². The highest BCUT2D eigenvalue weighted by Crippen LogP contribution is 2.19. The number of nitro groups is 1. The molecule has 0 saturated carbocycles. The van der Waals surface area contributed by atoms with Gasteiger partial charge in [-0.3, -0.25) is 14.8 Å². The van der Waals surface area contributed by atoms with Crippen LogP contribution in [0.5, 0.6) is 0 Å². The Balaban J connectivity index is 2.37. The van der Waals surface area contributed by atoms with Crippen LogP contribution in [0.4, 0.5) is 5.69 Å². The first kappa shape index (κ1) is 12.7. The molecule has 0 saturated heterocycles. The maximum atomic E-state index is 10.9. The Kier molecular flexibility index (Phi) is 3.28. The Labute approximate surface area is 108 Å². The number of carboxylic acid groups (broad SMARTS) is 1. The summed E-state index contributed by atoms with van der Waals surface area (Å²) in [6, 6.07) is 6.31. The van der Waals surface area contributed by atoms with Gasteiger partial charge in [0.05, 0.1) is 28.9 Å². The summed E-state index contributed by atoms with van der Waals surface area (Å²) >= 11 is 0. The minimum Gasteiger partial charge on any atom is -0.478 e. The van der Waals surface area contributed by atoms with Crippen LogP contribution in [0.25, 0.3) is 0 Å². The van der Waals surface area contributed by atoms with Crippen LogP contribution in [-0.2, 0) is 6.54 Å². The number of hydrogen-bond acceptors (Lipinski definition) is 4. The van der Waals surface area contributed by atoms with Crippen molar-refractivity contribution in [3.05, 3.63) is 57.4 Å². The summed E-state index contributed by atoms with van der Waals surface area (Å²) in [5, 5.41) is 23.8. The molecule has 0 bridgehead atoms. The van der Waals surface area contributed by atoms with E-state index in [4.69, 9.17) is 5.11 Å². The zero-order valence-electron chi connectivity index (χ0n) is 10.1. The van der Waals surface area contributed by atoms with E-state index < -0.39 is 10.9 Å². The zero-order chi connectivity index (χ0) is 14.0. The predicted molar refractivity (Wildman–Crippen MR) is 66.1 cm³/mol. The maximum absolute atomic E-state index is 10.9. The molecule has 0 aliphatic carbocycles. The van der Waals surface area contributed by atoms with Crippen LogP contribution < -0.4 is 0 Å². The minimum atomic E-state index is -1.06. The van der Waals surface area contributed by atoms with E-state index >= 15 is 0 Å². The lowest BCUT2D eigenvalue weighted by atomic mass is 10.2. The molecule has 1 heterocycles. The number of carboxylic acids is 1. The third-order valence-corrected chi connectivity index (χ3v) is 2.84. The van der Waals surface area contributed by atoms with Crippen LogP contribution in [0.3, 0.4) is 0 Å². The van der Waals surface area contributed by atoms with E-state index in [0.29, 0.717) is 11.3 Å². The number of aromatic nitrogens is 2. The fourth-order valence-electron chi connectivity index (χ4n) is 1.80. The van der Waals surface area contributed by atoms with Crippen molar-refractivity contribution < 1.29 is 14.8 Å². The number of aromatic carboxylic acids is 1. The van der Waals surface area contributed by atoms with Gasteiger partial charge >= 0.3 is 5.97 Å². The van der Waals surface area contributed by atoms with E-state index in [-0.39, 0.29) is 17.8 Å². The lowest BCUT2D eigenvalue weighted by Crippen LogP contribution is -2.07. The molecule has 1 N–H and O–H groups in total. The highest BCUT2D eigenvalue weighted by atomic mass is 16.6. The first-order valence-electron chi connectivity index (χ1n) is 5.48. The molecule has 1 aromatic carbocycles. The van der Waals surface area contributed by atoms with Gasteiger partial charge in [0, 0.05) is 6.07 Å². The first-order valence-corrected chi connectivity index (χ1v) is 5.48. The molecule has 2 rings (SSSR count). The second-order valence-electron chi connectivity index (χ2n) is 3.99. The van der Waals surface area contributed by atoms with E-state index in [0.717, 1.165) is 0 Å². The average Bonchev–Trinajstić information content (AvgIpc) is 2.71. The summed E-state index contributed by atoms with van der Waals surface area (Å²) in [7, 11) is 0. The number of para-hydroxylation sites is 1. The first-order chi connectivity index (χ1) is 9.00. The number of nitrogens with zero attached hydrogens (tertiary/aromatic N) is 3. The van der Waals surface area contributed by atoms with Gasteiger partial charge in [-0.25, -0.2) is 4.79 Å². The predicted octanol–water partition coefficient (Wildman–Crippen LogP) is 1.85. The molecular weight excluding hydrogens is 250 g/mol. The lowest BCUT2D eigenvalue weighted by molar-refractivity contribution is -0.385. The molecule has 0 fully saturated rings. The molecule has 0 aliphatic rings. The van der Waals surface area contributed by atoms with Gasteiger partial charge in [0.15, 0.2) is 0 Å². The summed E-state index contributed by atoms with van der Waals surface area (Å²) in [4.78, 5) is 21.3. The molecule has 2 aromatic rings. The highest BCUT2D eigenvalue weighted by Gasteiger charge is 2.17. The van der Waals surface area contributed by atoms with Gasteiger partial charge in [-0.05, 0) is 6.92 Å². The fourth-order valence-corrected chi connectivity index (χ4v) is 1.80. The van der Waals surface area contributed by atoms with Crippen LogP contribution in [0.2, 0.25) is 0 Å². The summed E-state index contributed by atoms with van der Waals surface area (Å²) in [6.45, 7) is 1.78. The van der Waals surface area contributed by atoms with Crippen molar-refractivity contribution >= 4 is 11.7 Å². The van der Waals surface area contributed by atoms with E-state index in [9.17, 15) is 14.9 Å². The molecule has 0 aliphatic heterocycles. The van der Waals surface area contributed by atoms with E-state index in [1.54, 1.807) is 25.1 Å². The minimum absolute atomic E-state index is 0.00530. The molecule has 0 amide bonds. The Morgan fingerprint density at radius 1 is 1.47 bits per heavy atom. The summed E-state index contributed by atoms with van der Waals surface area (Å²) in [5.41, 5.74) is 1.04. The smallest absolute Gasteiger partial charge is 0.339 e. The van der Waals surface area contributed by atoms with Crippen LogP contribution in [0.15, 0.2) is 30.5 Å². The van der Waals surface area contributed by atoms with Crippen molar-refractivity contribution in [1.82, 2.24) is 9.78 Å². The molecule has 98 valence electrons. The second-order valence-corrected chi connectivity index (χ2v) is 3.99. The topological polar surface area (TPSA) is 98.3 Å². The van der Waals surface area contributed by atoms with Crippen LogP contribution in [0.1, 0.15) is 21.6 Å². The van der Waals surface area contributed by atoms with Crippen LogP contribution in [-0.4, -0.2) is 25.8 Å². The van der Waals surface area contributed by atoms with Gasteiger partial charge in [0.2, 0.25) is 0 Å². The van der Waals surface area contributed by atoms with Crippen LogP contribution in [0, 0.1) is 17.0 Å². The van der Waals surface area contributed by atoms with Gasteiger partial charge in [-0.2, -0.15) is 5.10 Å². The molecule has 0 spiro atoms. The molecule has 7 heteroatoms. The molecule has 19 heavy (non-hydrogen) atoms. The van der Waals surface area contributed by atoms with Crippen molar-refractivity contribution in [3.63, 3.8) is 0 Å². The fraction of sp³-hybridized carbons (Fsp3) is 0.167. The summed E-state index contributed by atoms with van der Waals surface area (Å²) in [6.07, 6.45) is 1.24. The van der Waals surface area contributed by atoms with Gasteiger partial charge in [0.1, 0.15) is 5.56 Å². The molecule has 1 aromatic heterocycles.